The van der Waals surface area contributed by atoms with Crippen molar-refractivity contribution in [2.45, 2.75) is 19.9 Å². The molecule has 0 radical (unpaired) electrons. The number of rotatable bonds is 7. The molecule has 0 fully saturated rings. The van der Waals surface area contributed by atoms with Crippen molar-refractivity contribution in [3.05, 3.63) is 65.6 Å². The molecule has 154 valence electrons. The number of fused-ring (bicyclic) bond motifs is 1. The summed E-state index contributed by atoms with van der Waals surface area (Å²) in [7, 11) is 1.96. The van der Waals surface area contributed by atoms with Gasteiger partial charge in [0.25, 0.3) is 6.43 Å². The molecule has 0 aliphatic carbocycles. The van der Waals surface area contributed by atoms with Crippen molar-refractivity contribution >= 4 is 28.5 Å². The quantitative estimate of drug-likeness (QED) is 0.471. The molecule has 0 bridgehead atoms. The lowest BCUT2D eigenvalue weighted by atomic mass is 10.0. The fourth-order valence-corrected chi connectivity index (χ4v) is 3.83. The molecule has 0 spiro atoms. The van der Waals surface area contributed by atoms with Crippen molar-refractivity contribution in [3.63, 3.8) is 0 Å². The number of hydrogen-bond donors (Lipinski definition) is 1. The third-order valence-corrected chi connectivity index (χ3v) is 5.78. The lowest BCUT2D eigenvalue weighted by Crippen LogP contribution is -2.05. The molecule has 0 saturated carbocycles. The van der Waals surface area contributed by atoms with Gasteiger partial charge in [-0.25, -0.2) is 13.2 Å². The molecule has 7 heteroatoms. The summed E-state index contributed by atoms with van der Waals surface area (Å²) in [6, 6.07) is 12.4. The van der Waals surface area contributed by atoms with Crippen LogP contribution in [0.15, 0.2) is 54.4 Å². The summed E-state index contributed by atoms with van der Waals surface area (Å²) in [5.74, 6) is -0.354. The van der Waals surface area contributed by atoms with Gasteiger partial charge in [0.1, 0.15) is 5.83 Å². The van der Waals surface area contributed by atoms with Crippen LogP contribution in [0.3, 0.4) is 0 Å². The minimum atomic E-state index is -2.57. The van der Waals surface area contributed by atoms with Crippen LogP contribution in [0.4, 0.5) is 18.9 Å². The summed E-state index contributed by atoms with van der Waals surface area (Å²) in [6.07, 6.45) is 0.733. The number of anilines is 1. The highest BCUT2D eigenvalue weighted by Crippen LogP contribution is 2.38. The van der Waals surface area contributed by atoms with E-state index in [1.165, 1.54) is 18.2 Å². The second-order valence-electron chi connectivity index (χ2n) is 6.74. The fourth-order valence-electron chi connectivity index (χ4n) is 3.51. The van der Waals surface area contributed by atoms with Crippen LogP contribution < -0.4 is 10.0 Å². The Morgan fingerprint density at radius 1 is 1.24 bits per heavy atom. The third-order valence-electron chi connectivity index (χ3n) is 5.02. The Labute approximate surface area is 173 Å². The van der Waals surface area contributed by atoms with Gasteiger partial charge in [-0.2, -0.15) is 0 Å². The van der Waals surface area contributed by atoms with E-state index in [0.717, 1.165) is 22.5 Å². The number of nitrogens with two attached hydrogens (primary N) is 1. The maximum absolute atomic E-state index is 14.3. The number of allylic oxidation sites excluding steroid dienone is 1. The summed E-state index contributed by atoms with van der Waals surface area (Å²) in [6.45, 7) is 2.01. The van der Waals surface area contributed by atoms with E-state index in [0.29, 0.717) is 10.9 Å². The number of nitrogens with zero attached hydrogens (tertiary/aromatic N) is 2. The van der Waals surface area contributed by atoms with E-state index in [4.69, 9.17) is 5.73 Å². The SMILES string of the molecule is CSN(C)c1cccc(-c2c(C)n(C/C(F)=C/CN)c3ccc(C(F)F)cc23)c1. The van der Waals surface area contributed by atoms with Gasteiger partial charge in [-0.05, 0) is 42.8 Å². The molecule has 0 aliphatic rings. The average Bonchev–Trinajstić information content (AvgIpc) is 2.98. The van der Waals surface area contributed by atoms with Gasteiger partial charge in [0.05, 0.1) is 6.54 Å². The highest BCUT2D eigenvalue weighted by molar-refractivity contribution is 7.99. The van der Waals surface area contributed by atoms with E-state index >= 15 is 0 Å². The topological polar surface area (TPSA) is 34.2 Å². The normalized spacial score (nSPS) is 12.2. The first-order valence-corrected chi connectivity index (χ1v) is 10.4. The smallest absolute Gasteiger partial charge is 0.263 e. The van der Waals surface area contributed by atoms with Crippen molar-refractivity contribution in [2.75, 3.05) is 24.2 Å². The fraction of sp³-hybridized carbons (Fsp3) is 0.273. The molecule has 0 atom stereocenters. The zero-order valence-corrected chi connectivity index (χ0v) is 17.4. The summed E-state index contributed by atoms with van der Waals surface area (Å²) in [4.78, 5) is 0. The first-order chi connectivity index (χ1) is 13.9. The largest absolute Gasteiger partial charge is 0.337 e. The predicted molar refractivity (Wildman–Crippen MR) is 117 cm³/mol. The molecule has 2 N–H and O–H groups in total. The minimum Gasteiger partial charge on any atom is -0.337 e. The Hall–Kier alpha value is -2.38. The van der Waals surface area contributed by atoms with Crippen LogP contribution in [-0.4, -0.2) is 24.4 Å². The summed E-state index contributed by atoms with van der Waals surface area (Å²) < 4.78 is 44.8. The molecule has 3 aromatic rings. The standard InChI is InChI=1S/C22H24F3N3S/c1-14-21(15-5-4-6-18(11-15)27(2)29-3)19-12-16(22(24)25)7-8-20(19)28(14)13-17(23)9-10-26/h4-9,11-12,22H,10,13,26H2,1-3H3/b17-9-. The van der Waals surface area contributed by atoms with Crippen LogP contribution in [0.5, 0.6) is 0 Å². The van der Waals surface area contributed by atoms with E-state index < -0.39 is 6.43 Å². The van der Waals surface area contributed by atoms with Crippen molar-refractivity contribution in [3.8, 4) is 11.1 Å². The highest BCUT2D eigenvalue weighted by atomic mass is 32.2. The minimum absolute atomic E-state index is 0.0119. The van der Waals surface area contributed by atoms with Crippen LogP contribution in [0, 0.1) is 6.92 Å². The Kier molecular flexibility index (Phi) is 6.59. The second-order valence-corrected chi connectivity index (χ2v) is 7.65. The lowest BCUT2D eigenvalue weighted by molar-refractivity contribution is 0.151. The maximum Gasteiger partial charge on any atom is 0.263 e. The molecule has 1 aromatic heterocycles. The van der Waals surface area contributed by atoms with Gasteiger partial charge in [0.15, 0.2) is 0 Å². The van der Waals surface area contributed by atoms with E-state index in [1.54, 1.807) is 18.0 Å². The van der Waals surface area contributed by atoms with Crippen LogP contribution in [0.25, 0.3) is 22.0 Å². The van der Waals surface area contributed by atoms with Crippen LogP contribution in [-0.2, 0) is 6.54 Å². The molecule has 0 saturated heterocycles. The van der Waals surface area contributed by atoms with Crippen molar-refractivity contribution < 1.29 is 13.2 Å². The Morgan fingerprint density at radius 2 is 2.00 bits per heavy atom. The van der Waals surface area contributed by atoms with Gasteiger partial charge in [-0.3, -0.25) is 0 Å². The first kappa shape index (κ1) is 21.3. The maximum atomic E-state index is 14.3. The molecular weight excluding hydrogens is 395 g/mol. The van der Waals surface area contributed by atoms with Gasteiger partial charge < -0.3 is 14.6 Å². The van der Waals surface area contributed by atoms with Crippen LogP contribution in [0.2, 0.25) is 0 Å². The summed E-state index contributed by atoms with van der Waals surface area (Å²) >= 11 is 1.58. The summed E-state index contributed by atoms with van der Waals surface area (Å²) in [5.41, 5.74) is 9.64. The van der Waals surface area contributed by atoms with E-state index in [9.17, 15) is 13.2 Å². The second kappa shape index (κ2) is 8.97. The number of aromatic nitrogens is 1. The third kappa shape index (κ3) is 4.31. The number of halogens is 3. The Morgan fingerprint density at radius 3 is 2.66 bits per heavy atom. The molecule has 2 aromatic carbocycles. The summed E-state index contributed by atoms with van der Waals surface area (Å²) in [5, 5.41) is 0.685. The highest BCUT2D eigenvalue weighted by Gasteiger charge is 2.19. The molecule has 1 heterocycles. The van der Waals surface area contributed by atoms with Crippen molar-refractivity contribution in [1.82, 2.24) is 4.57 Å². The predicted octanol–water partition coefficient (Wildman–Crippen LogP) is 6.08. The van der Waals surface area contributed by atoms with Gasteiger partial charge in [-0.15, -0.1) is 0 Å². The van der Waals surface area contributed by atoms with Gasteiger partial charge in [0, 0.05) is 53.3 Å². The Bertz CT molecular complexity index is 1040. The molecule has 0 aliphatic heterocycles. The van der Waals surface area contributed by atoms with Gasteiger partial charge in [-0.1, -0.05) is 30.1 Å². The van der Waals surface area contributed by atoms with Crippen molar-refractivity contribution in [1.29, 1.82) is 0 Å². The van der Waals surface area contributed by atoms with Crippen LogP contribution in [0.1, 0.15) is 17.7 Å². The molecular formula is C22H24F3N3S. The van der Waals surface area contributed by atoms with Gasteiger partial charge >= 0.3 is 0 Å². The monoisotopic (exact) mass is 419 g/mol. The first-order valence-electron chi connectivity index (χ1n) is 9.21. The number of hydrogen-bond acceptors (Lipinski definition) is 3. The van der Waals surface area contributed by atoms with E-state index in [-0.39, 0.29) is 24.5 Å². The molecule has 3 rings (SSSR count). The molecule has 0 amide bonds. The number of benzene rings is 2. The van der Waals surface area contributed by atoms with Crippen LogP contribution >= 0.6 is 11.9 Å². The molecule has 0 unspecified atom stereocenters. The van der Waals surface area contributed by atoms with Gasteiger partial charge in [0.2, 0.25) is 0 Å². The molecule has 3 nitrogen and oxygen atoms in total. The lowest BCUT2D eigenvalue weighted by Gasteiger charge is -2.16. The number of alkyl halides is 2. The van der Waals surface area contributed by atoms with Crippen molar-refractivity contribution in [2.24, 2.45) is 5.73 Å². The zero-order chi connectivity index (χ0) is 21.1. The molecule has 29 heavy (non-hydrogen) atoms. The average molecular weight is 420 g/mol. The van der Waals surface area contributed by atoms with E-state index in [1.807, 2.05) is 53.4 Å². The van der Waals surface area contributed by atoms with E-state index in [2.05, 4.69) is 0 Å². The Balaban J connectivity index is 2.26. The zero-order valence-electron chi connectivity index (χ0n) is 16.6.